The van der Waals surface area contributed by atoms with E-state index in [1.165, 1.54) is 35.2 Å². The molecule has 1 heterocycles. The molecule has 3 aromatic carbocycles. The zero-order valence-electron chi connectivity index (χ0n) is 15.8. The van der Waals surface area contributed by atoms with E-state index < -0.39 is 5.91 Å². The predicted octanol–water partition coefficient (Wildman–Crippen LogP) is 5.98. The largest absolute Gasteiger partial charge is 0.325 e. The van der Waals surface area contributed by atoms with Crippen molar-refractivity contribution in [3.8, 4) is 0 Å². The van der Waals surface area contributed by atoms with Crippen molar-refractivity contribution in [1.29, 1.82) is 0 Å². The minimum absolute atomic E-state index is 0.157. The first-order valence-corrected chi connectivity index (χ1v) is 11.6. The predicted molar refractivity (Wildman–Crippen MR) is 128 cm³/mol. The van der Waals surface area contributed by atoms with Gasteiger partial charge in [0, 0.05) is 16.1 Å². The number of hydrogen-bond acceptors (Lipinski definition) is 6. The maximum Gasteiger partial charge on any atom is 0.259 e. The number of carbonyl (C=O) groups excluding carboxylic acids is 2. The Kier molecular flexibility index (Phi) is 6.72. The van der Waals surface area contributed by atoms with Gasteiger partial charge < -0.3 is 5.32 Å². The highest BCUT2D eigenvalue weighted by Crippen LogP contribution is 2.28. The van der Waals surface area contributed by atoms with Gasteiger partial charge in [-0.3, -0.25) is 14.9 Å². The van der Waals surface area contributed by atoms with E-state index in [0.29, 0.717) is 14.5 Å². The average molecular weight is 489 g/mol. The lowest BCUT2D eigenvalue weighted by atomic mass is 10.1. The summed E-state index contributed by atoms with van der Waals surface area (Å²) in [7, 11) is 0. The number of amides is 2. The third-order valence-electron chi connectivity index (χ3n) is 4.19. The highest BCUT2D eigenvalue weighted by Gasteiger charge is 2.15. The number of nitrogens with zero attached hydrogens (tertiary/aromatic N) is 2. The van der Waals surface area contributed by atoms with Crippen molar-refractivity contribution in [2.45, 2.75) is 4.34 Å². The van der Waals surface area contributed by atoms with E-state index in [0.717, 1.165) is 16.5 Å². The number of thioether (sulfide) groups is 1. The number of hydrogen-bond donors (Lipinski definition) is 2. The molecule has 4 rings (SSSR count). The second kappa shape index (κ2) is 9.65. The fraction of sp³-hybridized carbons (Fsp3) is 0.0476. The third kappa shape index (κ3) is 5.34. The Morgan fingerprint density at radius 1 is 0.968 bits per heavy atom. The summed E-state index contributed by atoms with van der Waals surface area (Å²) in [5.41, 5.74) is 1.04. The van der Waals surface area contributed by atoms with Crippen LogP contribution in [0, 0.1) is 0 Å². The summed E-state index contributed by atoms with van der Waals surface area (Å²) in [5, 5.41) is 16.6. The molecule has 0 bridgehead atoms. The molecule has 2 amide bonds. The second-order valence-corrected chi connectivity index (χ2v) is 9.36. The summed E-state index contributed by atoms with van der Waals surface area (Å²) in [6.07, 6.45) is 0. The minimum atomic E-state index is -0.414. The molecule has 0 saturated heterocycles. The van der Waals surface area contributed by atoms with Crippen LogP contribution >= 0.6 is 46.3 Å². The van der Waals surface area contributed by atoms with Crippen LogP contribution in [0.3, 0.4) is 0 Å². The lowest BCUT2D eigenvalue weighted by Gasteiger charge is -2.08. The van der Waals surface area contributed by atoms with Crippen molar-refractivity contribution in [3.05, 3.63) is 76.3 Å². The number of aromatic nitrogens is 2. The molecule has 6 nitrogen and oxygen atoms in total. The average Bonchev–Trinajstić information content (AvgIpc) is 3.20. The maximum absolute atomic E-state index is 12.4. The molecule has 0 saturated carbocycles. The van der Waals surface area contributed by atoms with E-state index >= 15 is 0 Å². The smallest absolute Gasteiger partial charge is 0.259 e. The van der Waals surface area contributed by atoms with E-state index in [4.69, 9.17) is 23.2 Å². The first-order valence-electron chi connectivity index (χ1n) is 9.00. The molecule has 4 aromatic rings. The summed E-state index contributed by atoms with van der Waals surface area (Å²) < 4.78 is 0.561. The van der Waals surface area contributed by atoms with E-state index in [1.54, 1.807) is 6.07 Å². The summed E-state index contributed by atoms with van der Waals surface area (Å²) in [6.45, 7) is 0. The van der Waals surface area contributed by atoms with Gasteiger partial charge in [0.2, 0.25) is 11.0 Å². The normalized spacial score (nSPS) is 10.8. The van der Waals surface area contributed by atoms with Crippen LogP contribution in [0.1, 0.15) is 10.4 Å². The van der Waals surface area contributed by atoms with Crippen LogP contribution in [-0.2, 0) is 4.79 Å². The number of nitrogens with one attached hydrogen (secondary N) is 2. The number of rotatable bonds is 6. The van der Waals surface area contributed by atoms with Crippen LogP contribution < -0.4 is 10.6 Å². The lowest BCUT2D eigenvalue weighted by Crippen LogP contribution is -2.14. The zero-order chi connectivity index (χ0) is 21.8. The molecule has 0 aliphatic rings. The fourth-order valence-corrected chi connectivity index (χ4v) is 4.85. The molecular weight excluding hydrogens is 475 g/mol. The molecule has 156 valence electrons. The van der Waals surface area contributed by atoms with Crippen molar-refractivity contribution in [3.63, 3.8) is 0 Å². The Bertz CT molecular complexity index is 1270. The Morgan fingerprint density at radius 3 is 2.61 bits per heavy atom. The van der Waals surface area contributed by atoms with Gasteiger partial charge in [0.05, 0.1) is 16.3 Å². The first kappa shape index (κ1) is 21.6. The quantitative estimate of drug-likeness (QED) is 0.257. The lowest BCUT2D eigenvalue weighted by molar-refractivity contribution is -0.113. The molecule has 2 N–H and O–H groups in total. The molecule has 0 atom stereocenters. The molecule has 10 heteroatoms. The molecular formula is C21H14Cl2N4O2S2. The Labute approximate surface area is 196 Å². The van der Waals surface area contributed by atoms with Crippen LogP contribution in [0.5, 0.6) is 0 Å². The summed E-state index contributed by atoms with van der Waals surface area (Å²) in [6, 6.07) is 18.2. The molecule has 0 aliphatic heterocycles. The highest BCUT2D eigenvalue weighted by atomic mass is 35.5. The molecule has 0 unspecified atom stereocenters. The van der Waals surface area contributed by atoms with Gasteiger partial charge in [0.15, 0.2) is 4.34 Å². The van der Waals surface area contributed by atoms with E-state index in [9.17, 15) is 9.59 Å². The topological polar surface area (TPSA) is 84.0 Å². The SMILES string of the molecule is O=C(CSc1nnc(NC(=O)c2ccc(Cl)cc2Cl)s1)Nc1cccc2ccccc12. The van der Waals surface area contributed by atoms with Crippen molar-refractivity contribution >= 4 is 79.7 Å². The third-order valence-corrected chi connectivity index (χ3v) is 6.71. The molecule has 0 fully saturated rings. The van der Waals surface area contributed by atoms with Crippen LogP contribution in [0.4, 0.5) is 10.8 Å². The Morgan fingerprint density at radius 2 is 1.77 bits per heavy atom. The second-order valence-electron chi connectivity index (χ2n) is 6.31. The maximum atomic E-state index is 12.4. The monoisotopic (exact) mass is 488 g/mol. The summed E-state index contributed by atoms with van der Waals surface area (Å²) >= 11 is 14.3. The van der Waals surface area contributed by atoms with Gasteiger partial charge in [0.1, 0.15) is 0 Å². The van der Waals surface area contributed by atoms with Crippen molar-refractivity contribution in [2.75, 3.05) is 16.4 Å². The van der Waals surface area contributed by atoms with E-state index in [-0.39, 0.29) is 22.2 Å². The highest BCUT2D eigenvalue weighted by molar-refractivity contribution is 8.01. The first-order chi connectivity index (χ1) is 15.0. The fourth-order valence-electron chi connectivity index (χ4n) is 2.80. The van der Waals surface area contributed by atoms with Gasteiger partial charge in [-0.2, -0.15) is 0 Å². The molecule has 1 aromatic heterocycles. The van der Waals surface area contributed by atoms with Crippen molar-refractivity contribution in [2.24, 2.45) is 0 Å². The summed E-state index contributed by atoms with van der Waals surface area (Å²) in [4.78, 5) is 24.8. The van der Waals surface area contributed by atoms with Crippen LogP contribution in [-0.4, -0.2) is 27.8 Å². The molecule has 0 aliphatic carbocycles. The number of benzene rings is 3. The molecule has 0 radical (unpaired) electrons. The van der Waals surface area contributed by atoms with Crippen LogP contribution in [0.15, 0.2) is 65.0 Å². The molecule has 0 spiro atoms. The Hall–Kier alpha value is -2.65. The van der Waals surface area contributed by atoms with Crippen molar-refractivity contribution in [1.82, 2.24) is 10.2 Å². The Balaban J connectivity index is 1.34. The number of carbonyl (C=O) groups is 2. The van der Waals surface area contributed by atoms with Gasteiger partial charge in [-0.1, -0.05) is 82.7 Å². The van der Waals surface area contributed by atoms with Crippen LogP contribution in [0.25, 0.3) is 10.8 Å². The van der Waals surface area contributed by atoms with Gasteiger partial charge in [-0.15, -0.1) is 10.2 Å². The van der Waals surface area contributed by atoms with Gasteiger partial charge in [-0.05, 0) is 29.7 Å². The van der Waals surface area contributed by atoms with Crippen molar-refractivity contribution < 1.29 is 9.59 Å². The number of halogens is 2. The van der Waals surface area contributed by atoms with E-state index in [1.807, 2.05) is 42.5 Å². The van der Waals surface area contributed by atoms with Gasteiger partial charge >= 0.3 is 0 Å². The van der Waals surface area contributed by atoms with Gasteiger partial charge in [-0.25, -0.2) is 0 Å². The van der Waals surface area contributed by atoms with Gasteiger partial charge in [0.25, 0.3) is 5.91 Å². The minimum Gasteiger partial charge on any atom is -0.325 e. The standard InChI is InChI=1S/C21H14Cl2N4O2S2/c22-13-8-9-15(16(23)10-13)19(29)25-20-26-27-21(31-20)30-11-18(28)24-17-7-3-5-12-4-1-2-6-14(12)17/h1-10H,11H2,(H,24,28)(H,25,26,29). The zero-order valence-corrected chi connectivity index (χ0v) is 18.9. The number of anilines is 2. The molecule has 31 heavy (non-hydrogen) atoms. The van der Waals surface area contributed by atoms with Crippen LogP contribution in [0.2, 0.25) is 10.0 Å². The van der Waals surface area contributed by atoms with E-state index in [2.05, 4.69) is 20.8 Å². The number of fused-ring (bicyclic) bond motifs is 1. The summed E-state index contributed by atoms with van der Waals surface area (Å²) in [5.74, 6) is -0.410.